The molecule has 2 N–H and O–H groups in total. The van der Waals surface area contributed by atoms with Gasteiger partial charge in [0, 0.05) is 18.0 Å². The van der Waals surface area contributed by atoms with Gasteiger partial charge < -0.3 is 10.4 Å². The first-order valence-electron chi connectivity index (χ1n) is 6.12. The second kappa shape index (κ2) is 7.83. The van der Waals surface area contributed by atoms with Gasteiger partial charge in [0.15, 0.2) is 0 Å². The Morgan fingerprint density at radius 2 is 2.42 bits per heavy atom. The number of nitrogens with zero attached hydrogens (tertiary/aromatic N) is 2. The van der Waals surface area contributed by atoms with Crippen molar-refractivity contribution in [3.63, 3.8) is 0 Å². The minimum absolute atomic E-state index is 0.415. The number of carbonyl (C=O) groups is 2. The highest BCUT2D eigenvalue weighted by atomic mass is 32.2. The van der Waals surface area contributed by atoms with Crippen molar-refractivity contribution in [1.29, 1.82) is 0 Å². The third-order valence-corrected chi connectivity index (χ3v) is 3.68. The van der Waals surface area contributed by atoms with Crippen LogP contribution in [0, 0.1) is 6.92 Å². The first-order chi connectivity index (χ1) is 9.08. The van der Waals surface area contributed by atoms with Crippen molar-refractivity contribution in [3.05, 3.63) is 17.5 Å². The van der Waals surface area contributed by atoms with Gasteiger partial charge in [-0.2, -0.15) is 16.9 Å². The summed E-state index contributed by atoms with van der Waals surface area (Å²) in [6.07, 6.45) is 0.844. The third kappa shape index (κ3) is 4.94. The molecule has 1 heterocycles. The molecule has 7 heteroatoms. The second-order valence-electron chi connectivity index (χ2n) is 4.11. The fourth-order valence-electron chi connectivity index (χ4n) is 1.73. The van der Waals surface area contributed by atoms with Crippen molar-refractivity contribution in [3.8, 4) is 0 Å². The van der Waals surface area contributed by atoms with Crippen LogP contribution >= 0.6 is 11.8 Å². The van der Waals surface area contributed by atoms with E-state index in [1.54, 1.807) is 11.8 Å². The Labute approximate surface area is 116 Å². The van der Waals surface area contributed by atoms with E-state index in [-0.39, 0.29) is 0 Å². The molecule has 1 atom stereocenters. The Hall–Kier alpha value is -1.50. The Balaban J connectivity index is 2.37. The monoisotopic (exact) mass is 285 g/mol. The van der Waals surface area contributed by atoms with Crippen LogP contribution in [0.3, 0.4) is 0 Å². The topological polar surface area (TPSA) is 84.2 Å². The maximum absolute atomic E-state index is 10.8. The molecule has 1 rings (SSSR count). The molecule has 0 bridgehead atoms. The summed E-state index contributed by atoms with van der Waals surface area (Å²) in [5, 5.41) is 15.5. The second-order valence-corrected chi connectivity index (χ2v) is 5.21. The molecule has 106 valence electrons. The SMILES string of the molecule is CCn1nc(C)cc1CSCCC(NC=O)C(=O)O. The van der Waals surface area contributed by atoms with Crippen LogP contribution in [-0.2, 0) is 21.9 Å². The zero-order valence-corrected chi connectivity index (χ0v) is 11.9. The summed E-state index contributed by atoms with van der Waals surface area (Å²) in [5.74, 6) is 0.468. The van der Waals surface area contributed by atoms with Crippen LogP contribution in [0.4, 0.5) is 0 Å². The number of aryl methyl sites for hydroxylation is 2. The molecule has 0 radical (unpaired) electrons. The van der Waals surface area contributed by atoms with E-state index in [0.29, 0.717) is 18.6 Å². The molecular formula is C12H19N3O3S. The molecule has 1 amide bonds. The fraction of sp³-hybridized carbons (Fsp3) is 0.583. The average molecular weight is 285 g/mol. The van der Waals surface area contributed by atoms with E-state index in [4.69, 9.17) is 5.11 Å². The summed E-state index contributed by atoms with van der Waals surface area (Å²) in [5.41, 5.74) is 2.13. The number of hydrogen-bond acceptors (Lipinski definition) is 4. The number of nitrogens with one attached hydrogen (secondary N) is 1. The van der Waals surface area contributed by atoms with Crippen LogP contribution in [0.5, 0.6) is 0 Å². The molecule has 0 saturated carbocycles. The molecule has 1 aromatic rings. The third-order valence-electron chi connectivity index (χ3n) is 2.65. The standard InChI is InChI=1S/C12H19N3O3S/c1-3-15-10(6-9(2)14-15)7-19-5-4-11(12(17)18)13-8-16/h6,8,11H,3-5,7H2,1-2H3,(H,13,16)(H,17,18). The average Bonchev–Trinajstić information content (AvgIpc) is 2.73. The van der Waals surface area contributed by atoms with Crippen molar-refractivity contribution in [2.24, 2.45) is 0 Å². The van der Waals surface area contributed by atoms with Crippen LogP contribution in [0.25, 0.3) is 0 Å². The van der Waals surface area contributed by atoms with Crippen LogP contribution in [-0.4, -0.2) is 39.1 Å². The van der Waals surface area contributed by atoms with Gasteiger partial charge in [0.25, 0.3) is 0 Å². The van der Waals surface area contributed by atoms with Gasteiger partial charge in [0.2, 0.25) is 6.41 Å². The predicted molar refractivity (Wildman–Crippen MR) is 74.0 cm³/mol. The van der Waals surface area contributed by atoms with E-state index in [1.165, 1.54) is 0 Å². The highest BCUT2D eigenvalue weighted by Crippen LogP contribution is 2.15. The molecule has 0 aromatic carbocycles. The molecule has 0 fully saturated rings. The summed E-state index contributed by atoms with van der Waals surface area (Å²) >= 11 is 1.64. The summed E-state index contributed by atoms with van der Waals surface area (Å²) in [4.78, 5) is 21.1. The van der Waals surface area contributed by atoms with E-state index in [9.17, 15) is 9.59 Å². The first kappa shape index (κ1) is 15.6. The Bertz CT molecular complexity index is 434. The van der Waals surface area contributed by atoms with Crippen LogP contribution in [0.2, 0.25) is 0 Å². The maximum Gasteiger partial charge on any atom is 0.326 e. The molecule has 6 nitrogen and oxygen atoms in total. The number of carboxylic acids is 1. The van der Waals surface area contributed by atoms with Gasteiger partial charge in [0.1, 0.15) is 6.04 Å². The van der Waals surface area contributed by atoms with Crippen molar-refractivity contribution in [2.45, 2.75) is 38.6 Å². The lowest BCUT2D eigenvalue weighted by molar-refractivity contribution is -0.140. The molecule has 19 heavy (non-hydrogen) atoms. The summed E-state index contributed by atoms with van der Waals surface area (Å²) in [6, 6.07) is 1.23. The van der Waals surface area contributed by atoms with E-state index in [1.807, 2.05) is 24.6 Å². The van der Waals surface area contributed by atoms with Gasteiger partial charge in [-0.15, -0.1) is 0 Å². The molecular weight excluding hydrogens is 266 g/mol. The number of thioether (sulfide) groups is 1. The summed E-state index contributed by atoms with van der Waals surface area (Å²) < 4.78 is 1.95. The molecule has 0 aliphatic carbocycles. The number of rotatable bonds is 9. The maximum atomic E-state index is 10.8. The number of carbonyl (C=O) groups excluding carboxylic acids is 1. The molecule has 0 saturated heterocycles. The van der Waals surface area contributed by atoms with Gasteiger partial charge in [-0.3, -0.25) is 9.48 Å². The van der Waals surface area contributed by atoms with Gasteiger partial charge in [0.05, 0.1) is 5.69 Å². The minimum atomic E-state index is -0.998. The van der Waals surface area contributed by atoms with Gasteiger partial charge in [-0.1, -0.05) is 0 Å². The number of hydrogen-bond donors (Lipinski definition) is 2. The van der Waals surface area contributed by atoms with E-state index < -0.39 is 12.0 Å². The van der Waals surface area contributed by atoms with Crippen LogP contribution < -0.4 is 5.32 Å². The number of carboxylic acid groups (broad SMARTS) is 1. The van der Waals surface area contributed by atoms with E-state index in [0.717, 1.165) is 23.7 Å². The Kier molecular flexibility index (Phi) is 6.41. The lowest BCUT2D eigenvalue weighted by atomic mass is 10.2. The van der Waals surface area contributed by atoms with Crippen LogP contribution in [0.1, 0.15) is 24.7 Å². The van der Waals surface area contributed by atoms with Gasteiger partial charge >= 0.3 is 5.97 Å². The van der Waals surface area contributed by atoms with Gasteiger partial charge in [-0.05, 0) is 32.1 Å². The number of aliphatic carboxylic acids is 1. The van der Waals surface area contributed by atoms with Crippen molar-refractivity contribution in [1.82, 2.24) is 15.1 Å². The highest BCUT2D eigenvalue weighted by Gasteiger charge is 2.15. The van der Waals surface area contributed by atoms with Crippen molar-refractivity contribution >= 4 is 24.1 Å². The van der Waals surface area contributed by atoms with Gasteiger partial charge in [-0.25, -0.2) is 4.79 Å². The zero-order valence-electron chi connectivity index (χ0n) is 11.1. The van der Waals surface area contributed by atoms with E-state index >= 15 is 0 Å². The predicted octanol–water partition coefficient (Wildman–Crippen LogP) is 1.03. The first-order valence-corrected chi connectivity index (χ1v) is 7.27. The number of amides is 1. The normalized spacial score (nSPS) is 12.1. The lowest BCUT2D eigenvalue weighted by Crippen LogP contribution is -2.36. The van der Waals surface area contributed by atoms with Crippen molar-refractivity contribution < 1.29 is 14.7 Å². The summed E-state index contributed by atoms with van der Waals surface area (Å²) in [6.45, 7) is 4.82. The lowest BCUT2D eigenvalue weighted by Gasteiger charge is -2.10. The smallest absolute Gasteiger partial charge is 0.326 e. The zero-order chi connectivity index (χ0) is 14.3. The van der Waals surface area contributed by atoms with E-state index in [2.05, 4.69) is 10.4 Å². The molecule has 0 aliphatic heterocycles. The van der Waals surface area contributed by atoms with Crippen molar-refractivity contribution in [2.75, 3.05) is 5.75 Å². The summed E-state index contributed by atoms with van der Waals surface area (Å²) in [7, 11) is 0. The largest absolute Gasteiger partial charge is 0.480 e. The minimum Gasteiger partial charge on any atom is -0.480 e. The molecule has 0 aliphatic rings. The highest BCUT2D eigenvalue weighted by molar-refractivity contribution is 7.98. The molecule has 1 unspecified atom stereocenters. The molecule has 0 spiro atoms. The quantitative estimate of drug-likeness (QED) is 0.523. The fourth-order valence-corrected chi connectivity index (χ4v) is 2.72. The Morgan fingerprint density at radius 3 is 3.00 bits per heavy atom. The van der Waals surface area contributed by atoms with Crippen LogP contribution in [0.15, 0.2) is 6.07 Å². The Morgan fingerprint density at radius 1 is 1.68 bits per heavy atom. The molecule has 1 aromatic heterocycles. The number of aromatic nitrogens is 2.